The molecule has 0 radical (unpaired) electrons. The Kier molecular flexibility index (Phi) is 4.15. The van der Waals surface area contributed by atoms with E-state index in [0.29, 0.717) is 17.1 Å². The van der Waals surface area contributed by atoms with Crippen molar-refractivity contribution in [2.24, 2.45) is 5.73 Å². The lowest BCUT2D eigenvalue weighted by molar-refractivity contribution is -0.116. The molecule has 0 aliphatic carbocycles. The number of nitrogens with zero attached hydrogens (tertiary/aromatic N) is 2. The second-order valence-electron chi connectivity index (χ2n) is 3.26. The van der Waals surface area contributed by atoms with E-state index in [9.17, 15) is 4.79 Å². The van der Waals surface area contributed by atoms with Crippen molar-refractivity contribution < 1.29 is 4.79 Å². The van der Waals surface area contributed by atoms with E-state index >= 15 is 0 Å². The summed E-state index contributed by atoms with van der Waals surface area (Å²) in [5.41, 5.74) is 6.33. The van der Waals surface area contributed by atoms with Crippen molar-refractivity contribution >= 4 is 23.2 Å². The normalized spacial score (nSPS) is 9.56. The van der Waals surface area contributed by atoms with Gasteiger partial charge in [-0.1, -0.05) is 11.6 Å². The molecule has 0 saturated heterocycles. The Labute approximate surface area is 99.2 Å². The summed E-state index contributed by atoms with van der Waals surface area (Å²) in [6.07, 6.45) is 0. The number of likely N-dealkylation sites (N-methyl/N-ethyl adjacent to an activating group) is 1. The SMILES string of the molecule is CCN(CC(N)=O)c1ccc(C#N)c(Cl)c1. The first-order chi connectivity index (χ1) is 7.58. The molecule has 1 aromatic carbocycles. The third-order valence-electron chi connectivity index (χ3n) is 2.17. The first kappa shape index (κ1) is 12.3. The molecule has 4 nitrogen and oxygen atoms in total. The zero-order valence-corrected chi connectivity index (χ0v) is 9.66. The van der Waals surface area contributed by atoms with E-state index < -0.39 is 5.91 Å². The predicted octanol–water partition coefficient (Wildman–Crippen LogP) is 1.52. The Morgan fingerprint density at radius 2 is 2.31 bits per heavy atom. The number of carbonyl (C=O) groups is 1. The molecule has 0 heterocycles. The largest absolute Gasteiger partial charge is 0.368 e. The number of hydrogen-bond acceptors (Lipinski definition) is 3. The van der Waals surface area contributed by atoms with Gasteiger partial charge in [0.05, 0.1) is 17.1 Å². The van der Waals surface area contributed by atoms with Gasteiger partial charge in [0.1, 0.15) is 6.07 Å². The fraction of sp³-hybridized carbons (Fsp3) is 0.273. The lowest BCUT2D eigenvalue weighted by Crippen LogP contribution is -2.33. The van der Waals surface area contributed by atoms with Crippen molar-refractivity contribution in [2.75, 3.05) is 18.0 Å². The summed E-state index contributed by atoms with van der Waals surface area (Å²) < 4.78 is 0. The van der Waals surface area contributed by atoms with Gasteiger partial charge in [0.15, 0.2) is 0 Å². The zero-order chi connectivity index (χ0) is 12.1. The third-order valence-corrected chi connectivity index (χ3v) is 2.48. The Morgan fingerprint density at radius 3 is 2.75 bits per heavy atom. The van der Waals surface area contributed by atoms with E-state index in [4.69, 9.17) is 22.6 Å². The van der Waals surface area contributed by atoms with Crippen LogP contribution in [-0.2, 0) is 4.79 Å². The van der Waals surface area contributed by atoms with Crippen LogP contribution in [0.25, 0.3) is 0 Å². The molecule has 84 valence electrons. The van der Waals surface area contributed by atoms with Crippen LogP contribution in [-0.4, -0.2) is 19.0 Å². The van der Waals surface area contributed by atoms with Crippen LogP contribution in [0.3, 0.4) is 0 Å². The fourth-order valence-electron chi connectivity index (χ4n) is 1.37. The average molecular weight is 238 g/mol. The first-order valence-corrected chi connectivity index (χ1v) is 5.19. The number of nitrogens with two attached hydrogens (primary N) is 1. The van der Waals surface area contributed by atoms with Crippen molar-refractivity contribution in [3.05, 3.63) is 28.8 Å². The lowest BCUT2D eigenvalue weighted by atomic mass is 10.2. The van der Waals surface area contributed by atoms with Gasteiger partial charge >= 0.3 is 0 Å². The maximum atomic E-state index is 10.8. The van der Waals surface area contributed by atoms with E-state index in [-0.39, 0.29) is 6.54 Å². The molecule has 16 heavy (non-hydrogen) atoms. The van der Waals surface area contributed by atoms with Crippen LogP contribution in [0, 0.1) is 11.3 Å². The standard InChI is InChI=1S/C11H12ClN3O/c1-2-15(7-11(14)16)9-4-3-8(6-13)10(12)5-9/h3-5H,2,7H2,1H3,(H2,14,16). The van der Waals surface area contributed by atoms with Gasteiger partial charge in [-0.15, -0.1) is 0 Å². The van der Waals surface area contributed by atoms with Crippen molar-refractivity contribution in [1.82, 2.24) is 0 Å². The van der Waals surface area contributed by atoms with Gasteiger partial charge < -0.3 is 10.6 Å². The summed E-state index contributed by atoms with van der Waals surface area (Å²) in [7, 11) is 0. The van der Waals surface area contributed by atoms with Crippen LogP contribution in [0.1, 0.15) is 12.5 Å². The van der Waals surface area contributed by atoms with E-state index in [1.54, 1.807) is 23.1 Å². The Hall–Kier alpha value is -1.73. The summed E-state index contributed by atoms with van der Waals surface area (Å²) in [4.78, 5) is 12.6. The fourth-order valence-corrected chi connectivity index (χ4v) is 1.58. The number of hydrogen-bond donors (Lipinski definition) is 1. The van der Waals surface area contributed by atoms with E-state index in [0.717, 1.165) is 5.69 Å². The van der Waals surface area contributed by atoms with Crippen LogP contribution in [0.15, 0.2) is 18.2 Å². The van der Waals surface area contributed by atoms with Crippen molar-refractivity contribution in [2.45, 2.75) is 6.92 Å². The summed E-state index contributed by atoms with van der Waals surface area (Å²) >= 11 is 5.90. The molecule has 5 heteroatoms. The molecule has 1 rings (SSSR count). The number of nitriles is 1. The second-order valence-corrected chi connectivity index (χ2v) is 3.66. The second kappa shape index (κ2) is 5.38. The Morgan fingerprint density at radius 1 is 1.62 bits per heavy atom. The summed E-state index contributed by atoms with van der Waals surface area (Å²) in [6.45, 7) is 2.69. The molecule has 0 aliphatic heterocycles. The van der Waals surface area contributed by atoms with Crippen molar-refractivity contribution in [1.29, 1.82) is 5.26 Å². The molecule has 0 atom stereocenters. The Bertz CT molecular complexity index is 439. The minimum atomic E-state index is -0.401. The Balaban J connectivity index is 2.99. The molecule has 0 spiro atoms. The van der Waals surface area contributed by atoms with Gasteiger partial charge in [-0.05, 0) is 25.1 Å². The van der Waals surface area contributed by atoms with Gasteiger partial charge in [-0.25, -0.2) is 0 Å². The highest BCUT2D eigenvalue weighted by atomic mass is 35.5. The van der Waals surface area contributed by atoms with E-state index in [2.05, 4.69) is 0 Å². The highest BCUT2D eigenvalue weighted by molar-refractivity contribution is 6.32. The molecule has 2 N–H and O–H groups in total. The molecular weight excluding hydrogens is 226 g/mol. The predicted molar refractivity (Wildman–Crippen MR) is 63.2 cm³/mol. The molecular formula is C11H12ClN3O. The summed E-state index contributed by atoms with van der Waals surface area (Å²) in [6, 6.07) is 7.01. The monoisotopic (exact) mass is 237 g/mol. The van der Waals surface area contributed by atoms with Crippen LogP contribution in [0.2, 0.25) is 5.02 Å². The number of amides is 1. The smallest absolute Gasteiger partial charge is 0.236 e. The quantitative estimate of drug-likeness (QED) is 0.863. The zero-order valence-electron chi connectivity index (χ0n) is 8.90. The number of anilines is 1. The maximum Gasteiger partial charge on any atom is 0.236 e. The molecule has 0 bridgehead atoms. The summed E-state index contributed by atoms with van der Waals surface area (Å²) in [5.74, 6) is -0.401. The van der Waals surface area contributed by atoms with Crippen LogP contribution >= 0.6 is 11.6 Å². The molecule has 0 fully saturated rings. The molecule has 0 unspecified atom stereocenters. The third kappa shape index (κ3) is 2.88. The number of rotatable bonds is 4. The molecule has 0 aliphatic rings. The average Bonchev–Trinajstić information content (AvgIpc) is 2.25. The van der Waals surface area contributed by atoms with E-state index in [1.165, 1.54) is 0 Å². The lowest BCUT2D eigenvalue weighted by Gasteiger charge is -2.21. The number of benzene rings is 1. The highest BCUT2D eigenvalue weighted by Crippen LogP contribution is 2.22. The van der Waals surface area contributed by atoms with E-state index in [1.807, 2.05) is 13.0 Å². The van der Waals surface area contributed by atoms with Gasteiger partial charge in [0.2, 0.25) is 5.91 Å². The van der Waals surface area contributed by atoms with Gasteiger partial charge in [0, 0.05) is 12.2 Å². The van der Waals surface area contributed by atoms with Gasteiger partial charge in [-0.3, -0.25) is 4.79 Å². The molecule has 1 aromatic rings. The minimum Gasteiger partial charge on any atom is -0.368 e. The highest BCUT2D eigenvalue weighted by Gasteiger charge is 2.09. The minimum absolute atomic E-state index is 0.138. The number of primary amides is 1. The number of carbonyl (C=O) groups excluding carboxylic acids is 1. The number of halogens is 1. The summed E-state index contributed by atoms with van der Waals surface area (Å²) in [5, 5.41) is 9.11. The molecule has 0 aromatic heterocycles. The van der Waals surface area contributed by atoms with Crippen LogP contribution in [0.5, 0.6) is 0 Å². The van der Waals surface area contributed by atoms with Crippen molar-refractivity contribution in [3.63, 3.8) is 0 Å². The van der Waals surface area contributed by atoms with Crippen LogP contribution < -0.4 is 10.6 Å². The van der Waals surface area contributed by atoms with Gasteiger partial charge in [0.25, 0.3) is 0 Å². The van der Waals surface area contributed by atoms with Crippen LogP contribution in [0.4, 0.5) is 5.69 Å². The maximum absolute atomic E-state index is 10.8. The van der Waals surface area contributed by atoms with Gasteiger partial charge in [-0.2, -0.15) is 5.26 Å². The molecule has 0 saturated carbocycles. The van der Waals surface area contributed by atoms with Crippen molar-refractivity contribution in [3.8, 4) is 6.07 Å². The molecule has 1 amide bonds. The first-order valence-electron chi connectivity index (χ1n) is 4.81. The topological polar surface area (TPSA) is 70.1 Å².